The summed E-state index contributed by atoms with van der Waals surface area (Å²) in [5.41, 5.74) is 0.734. The molecule has 4 aromatic rings. The minimum Gasteiger partial charge on any atom is -0.465 e. The predicted molar refractivity (Wildman–Crippen MR) is 146 cm³/mol. The second-order valence-corrected chi connectivity index (χ2v) is 10.4. The number of hydrogen-bond acceptors (Lipinski definition) is 6. The minimum atomic E-state index is -4.39. The largest absolute Gasteiger partial charge is 0.465 e. The van der Waals surface area contributed by atoms with E-state index >= 15 is 0 Å². The monoisotopic (exact) mass is 567 g/mol. The van der Waals surface area contributed by atoms with Crippen LogP contribution < -0.4 is 10.5 Å². The van der Waals surface area contributed by atoms with Gasteiger partial charge in [0.25, 0.3) is 11.4 Å². The molecule has 1 amide bonds. The van der Waals surface area contributed by atoms with Crippen molar-refractivity contribution < 1.29 is 27.6 Å². The van der Waals surface area contributed by atoms with E-state index in [2.05, 4.69) is 15.0 Å². The third kappa shape index (κ3) is 5.81. The molecule has 0 aliphatic carbocycles. The van der Waals surface area contributed by atoms with Gasteiger partial charge in [0.05, 0.1) is 17.5 Å². The Balaban J connectivity index is 1.32. The lowest BCUT2D eigenvalue weighted by atomic mass is 9.83. The third-order valence-electron chi connectivity index (χ3n) is 7.41. The van der Waals surface area contributed by atoms with Crippen LogP contribution >= 0.6 is 0 Å². The lowest BCUT2D eigenvalue weighted by Crippen LogP contribution is -2.48. The van der Waals surface area contributed by atoms with Crippen LogP contribution in [0.1, 0.15) is 25.0 Å². The summed E-state index contributed by atoms with van der Waals surface area (Å²) in [4.78, 5) is 31.7. The molecular formula is C29H28F3N5O4. The van der Waals surface area contributed by atoms with Gasteiger partial charge in [-0.15, -0.1) is 0 Å². The SMILES string of the molecule is CC(C)(c1ccc(-c2noc(-c3ccc(=O)n(Cc4cccc(N5CCN(C(=O)O)CC5)c4)c3)n2)cc1)C(F)(F)F. The highest BCUT2D eigenvalue weighted by Crippen LogP contribution is 2.40. The number of pyridine rings is 1. The van der Waals surface area contributed by atoms with E-state index in [1.54, 1.807) is 12.3 Å². The zero-order valence-corrected chi connectivity index (χ0v) is 22.4. The van der Waals surface area contributed by atoms with Crippen LogP contribution in [0.3, 0.4) is 0 Å². The molecular weight excluding hydrogens is 539 g/mol. The molecule has 41 heavy (non-hydrogen) atoms. The van der Waals surface area contributed by atoms with Crippen molar-refractivity contribution in [2.24, 2.45) is 0 Å². The molecule has 0 bridgehead atoms. The average molecular weight is 568 g/mol. The number of alkyl halides is 3. The molecule has 0 spiro atoms. The van der Waals surface area contributed by atoms with Crippen LogP contribution in [0.25, 0.3) is 22.8 Å². The Labute approximate surface area is 233 Å². The number of piperazine rings is 1. The molecule has 0 unspecified atom stereocenters. The highest BCUT2D eigenvalue weighted by Gasteiger charge is 2.48. The summed E-state index contributed by atoms with van der Waals surface area (Å²) in [5.74, 6) is 0.378. The second-order valence-electron chi connectivity index (χ2n) is 10.4. The van der Waals surface area contributed by atoms with Gasteiger partial charge in [-0.2, -0.15) is 18.2 Å². The van der Waals surface area contributed by atoms with Gasteiger partial charge in [-0.3, -0.25) is 4.79 Å². The third-order valence-corrected chi connectivity index (χ3v) is 7.41. The highest BCUT2D eigenvalue weighted by atomic mass is 19.4. The van der Waals surface area contributed by atoms with Crippen molar-refractivity contribution >= 4 is 11.8 Å². The first-order chi connectivity index (χ1) is 19.4. The topological polar surface area (TPSA) is 105 Å². The number of nitrogens with zero attached hydrogens (tertiary/aromatic N) is 5. The van der Waals surface area contributed by atoms with Crippen molar-refractivity contribution in [2.45, 2.75) is 32.0 Å². The zero-order chi connectivity index (χ0) is 29.4. The Morgan fingerprint density at radius 2 is 1.66 bits per heavy atom. The zero-order valence-electron chi connectivity index (χ0n) is 22.4. The maximum absolute atomic E-state index is 13.4. The number of halogens is 3. The molecule has 1 aliphatic heterocycles. The molecule has 9 nitrogen and oxygen atoms in total. The Morgan fingerprint density at radius 1 is 0.976 bits per heavy atom. The summed E-state index contributed by atoms with van der Waals surface area (Å²) in [5, 5.41) is 13.2. The number of rotatable bonds is 6. The van der Waals surface area contributed by atoms with Crippen molar-refractivity contribution in [3.63, 3.8) is 0 Å². The van der Waals surface area contributed by atoms with Gasteiger partial charge in [-0.1, -0.05) is 41.6 Å². The molecule has 3 heterocycles. The summed E-state index contributed by atoms with van der Waals surface area (Å²) in [7, 11) is 0. The molecule has 1 saturated heterocycles. The number of carboxylic acid groups (broad SMARTS) is 1. The van der Waals surface area contributed by atoms with Crippen LogP contribution in [-0.4, -0.2) is 63.2 Å². The Hall–Kier alpha value is -4.61. The number of benzene rings is 2. The Kier molecular flexibility index (Phi) is 7.33. The van der Waals surface area contributed by atoms with Crippen LogP contribution in [0.4, 0.5) is 23.7 Å². The van der Waals surface area contributed by atoms with E-state index in [-0.39, 0.29) is 29.4 Å². The quantitative estimate of drug-likeness (QED) is 0.339. The lowest BCUT2D eigenvalue weighted by Gasteiger charge is -2.34. The van der Waals surface area contributed by atoms with E-state index in [4.69, 9.17) is 4.52 Å². The average Bonchev–Trinajstić information content (AvgIpc) is 3.44. The van der Waals surface area contributed by atoms with E-state index in [0.717, 1.165) is 25.1 Å². The second kappa shape index (κ2) is 10.8. The fourth-order valence-electron chi connectivity index (χ4n) is 4.64. The normalized spacial score (nSPS) is 14.4. The van der Waals surface area contributed by atoms with Gasteiger partial charge in [-0.05, 0) is 43.2 Å². The molecule has 2 aromatic heterocycles. The summed E-state index contributed by atoms with van der Waals surface area (Å²) < 4.78 is 47.1. The van der Waals surface area contributed by atoms with E-state index in [1.807, 2.05) is 24.3 Å². The molecule has 0 atom stereocenters. The van der Waals surface area contributed by atoms with Gasteiger partial charge in [-0.25, -0.2) is 4.79 Å². The molecule has 214 valence electrons. The van der Waals surface area contributed by atoms with Crippen LogP contribution in [0.15, 0.2) is 76.2 Å². The fraction of sp³-hybridized carbons (Fsp3) is 0.310. The van der Waals surface area contributed by atoms with Gasteiger partial charge in [0.15, 0.2) is 0 Å². The molecule has 1 fully saturated rings. The van der Waals surface area contributed by atoms with E-state index in [1.165, 1.54) is 39.8 Å². The fourth-order valence-corrected chi connectivity index (χ4v) is 4.64. The van der Waals surface area contributed by atoms with Crippen LogP contribution in [-0.2, 0) is 12.0 Å². The maximum Gasteiger partial charge on any atom is 0.407 e. The molecule has 1 aliphatic rings. The van der Waals surface area contributed by atoms with Gasteiger partial charge in [0, 0.05) is 49.7 Å². The number of anilines is 1. The van der Waals surface area contributed by atoms with Crippen molar-refractivity contribution in [3.05, 3.63) is 88.3 Å². The van der Waals surface area contributed by atoms with Gasteiger partial charge in [0.1, 0.15) is 0 Å². The summed E-state index contributed by atoms with van der Waals surface area (Å²) in [6.07, 6.45) is -3.70. The number of carbonyl (C=O) groups is 1. The lowest BCUT2D eigenvalue weighted by molar-refractivity contribution is -0.180. The van der Waals surface area contributed by atoms with E-state index in [0.29, 0.717) is 37.3 Å². The number of amides is 1. The Bertz CT molecular complexity index is 1600. The van der Waals surface area contributed by atoms with Crippen LogP contribution in [0.5, 0.6) is 0 Å². The summed E-state index contributed by atoms with van der Waals surface area (Å²) in [6.45, 7) is 4.53. The molecule has 2 aromatic carbocycles. The maximum atomic E-state index is 13.4. The van der Waals surface area contributed by atoms with Gasteiger partial charge >= 0.3 is 12.3 Å². The van der Waals surface area contributed by atoms with Crippen molar-refractivity contribution in [1.29, 1.82) is 0 Å². The van der Waals surface area contributed by atoms with Crippen molar-refractivity contribution in [3.8, 4) is 22.8 Å². The molecule has 0 radical (unpaired) electrons. The highest BCUT2D eigenvalue weighted by molar-refractivity contribution is 5.65. The first-order valence-corrected chi connectivity index (χ1v) is 13.0. The smallest absolute Gasteiger partial charge is 0.407 e. The van der Waals surface area contributed by atoms with E-state index < -0.39 is 17.7 Å². The predicted octanol–water partition coefficient (Wildman–Crippen LogP) is 5.25. The molecule has 1 N–H and O–H groups in total. The van der Waals surface area contributed by atoms with Crippen molar-refractivity contribution in [2.75, 3.05) is 31.1 Å². The first-order valence-electron chi connectivity index (χ1n) is 13.0. The summed E-state index contributed by atoms with van der Waals surface area (Å²) >= 11 is 0. The van der Waals surface area contributed by atoms with Crippen LogP contribution in [0, 0.1) is 0 Å². The number of hydrogen-bond donors (Lipinski definition) is 1. The molecule has 12 heteroatoms. The number of aromatic nitrogens is 3. The first kappa shape index (κ1) is 27.9. The Morgan fingerprint density at radius 3 is 2.32 bits per heavy atom. The molecule has 5 rings (SSSR count). The van der Waals surface area contributed by atoms with Crippen molar-refractivity contribution in [1.82, 2.24) is 19.6 Å². The minimum absolute atomic E-state index is 0.121. The standard InChI is InChI=1S/C29H28F3N5O4/c1-28(2,29(30,31)32)22-9-6-20(7-10-22)25-33-26(41-34-25)21-8-11-24(38)37(18-21)17-19-4-3-5-23(16-19)35-12-14-36(15-13-35)27(39)40/h3-11,16,18H,12-15,17H2,1-2H3,(H,39,40). The van der Waals surface area contributed by atoms with Gasteiger partial charge < -0.3 is 24.0 Å². The van der Waals surface area contributed by atoms with Crippen LogP contribution in [0.2, 0.25) is 0 Å². The van der Waals surface area contributed by atoms with E-state index in [9.17, 15) is 27.9 Å². The van der Waals surface area contributed by atoms with Gasteiger partial charge in [0.2, 0.25) is 5.82 Å². The molecule has 0 saturated carbocycles. The summed E-state index contributed by atoms with van der Waals surface area (Å²) in [6, 6.07) is 16.6.